The Hall–Kier alpha value is -3.52. The van der Waals surface area contributed by atoms with Crippen LogP contribution in [0.4, 0.5) is 0 Å². The molecule has 36 heavy (non-hydrogen) atoms. The first kappa shape index (κ1) is 25.6. The lowest BCUT2D eigenvalue weighted by molar-refractivity contribution is -0.182. The lowest BCUT2D eigenvalue weighted by atomic mass is 9.80. The molecule has 1 heterocycles. The molecule has 0 aliphatic carbocycles. The zero-order valence-corrected chi connectivity index (χ0v) is 20.5. The number of rotatable bonds is 9. The SMILES string of the molecule is CO[C@@H]1O[C@H](COC(c2ccccc2)(c2ccccc2)c2ccccc2)[C@H](OC(C)=O)[C@@H]1OC(C)=O. The van der Waals surface area contributed by atoms with Gasteiger partial charge in [-0.15, -0.1) is 0 Å². The normalized spacial score (nSPS) is 21.6. The Kier molecular flexibility index (Phi) is 8.15. The summed E-state index contributed by atoms with van der Waals surface area (Å²) in [5.74, 6) is -1.06. The molecule has 0 amide bonds. The van der Waals surface area contributed by atoms with Gasteiger partial charge in [0.25, 0.3) is 0 Å². The van der Waals surface area contributed by atoms with E-state index in [-0.39, 0.29) is 6.61 Å². The van der Waals surface area contributed by atoms with Crippen molar-refractivity contribution in [1.82, 2.24) is 0 Å². The van der Waals surface area contributed by atoms with Crippen molar-refractivity contribution in [3.8, 4) is 0 Å². The molecule has 0 radical (unpaired) electrons. The number of esters is 2. The Balaban J connectivity index is 1.76. The van der Waals surface area contributed by atoms with Gasteiger partial charge in [0.05, 0.1) is 6.61 Å². The molecule has 0 unspecified atom stereocenters. The van der Waals surface area contributed by atoms with E-state index in [0.29, 0.717) is 0 Å². The fourth-order valence-electron chi connectivity index (χ4n) is 4.64. The van der Waals surface area contributed by atoms with Gasteiger partial charge in [-0.3, -0.25) is 9.59 Å². The minimum atomic E-state index is -0.990. The fourth-order valence-corrected chi connectivity index (χ4v) is 4.64. The van der Waals surface area contributed by atoms with E-state index in [1.807, 2.05) is 91.0 Å². The summed E-state index contributed by atoms with van der Waals surface area (Å²) in [7, 11) is 1.44. The number of carbonyl (C=O) groups excluding carboxylic acids is 2. The molecule has 0 bridgehead atoms. The molecule has 1 aliphatic rings. The third-order valence-electron chi connectivity index (χ3n) is 6.11. The van der Waals surface area contributed by atoms with Gasteiger partial charge in [-0.2, -0.15) is 0 Å². The molecule has 7 nitrogen and oxygen atoms in total. The Morgan fingerprint density at radius 2 is 1.14 bits per heavy atom. The van der Waals surface area contributed by atoms with Crippen LogP contribution in [-0.2, 0) is 38.9 Å². The monoisotopic (exact) mass is 490 g/mol. The van der Waals surface area contributed by atoms with Crippen LogP contribution >= 0.6 is 0 Å². The predicted octanol–water partition coefficient (Wildman–Crippen LogP) is 4.23. The first-order chi connectivity index (χ1) is 17.5. The highest BCUT2D eigenvalue weighted by molar-refractivity contribution is 5.67. The van der Waals surface area contributed by atoms with Crippen LogP contribution in [0.1, 0.15) is 30.5 Å². The van der Waals surface area contributed by atoms with Gasteiger partial charge in [0.2, 0.25) is 0 Å². The Bertz CT molecular complexity index is 1040. The van der Waals surface area contributed by atoms with Crippen LogP contribution in [0.3, 0.4) is 0 Å². The van der Waals surface area contributed by atoms with Gasteiger partial charge in [0.1, 0.15) is 11.7 Å². The number of carbonyl (C=O) groups is 2. The van der Waals surface area contributed by atoms with Crippen LogP contribution in [0.15, 0.2) is 91.0 Å². The summed E-state index contributed by atoms with van der Waals surface area (Å²) in [6.45, 7) is 2.60. The number of hydrogen-bond donors (Lipinski definition) is 0. The molecular formula is C29H30O7. The number of benzene rings is 3. The lowest BCUT2D eigenvalue weighted by Gasteiger charge is -2.37. The summed E-state index contributed by atoms with van der Waals surface area (Å²) in [6, 6.07) is 29.7. The third-order valence-corrected chi connectivity index (χ3v) is 6.11. The molecule has 4 atom stereocenters. The standard InChI is InChI=1S/C29H30O7/c1-20(30)34-26-25(36-28(32-3)27(26)35-21(2)31)19-33-29(22-13-7-4-8-14-22,23-15-9-5-10-16-23)24-17-11-6-12-18-24/h4-18,25-28H,19H2,1-3H3/t25-,26+,27+,28-/m1/s1. The van der Waals surface area contributed by atoms with Gasteiger partial charge in [-0.05, 0) is 16.7 Å². The van der Waals surface area contributed by atoms with Crippen molar-refractivity contribution >= 4 is 11.9 Å². The van der Waals surface area contributed by atoms with Crippen molar-refractivity contribution in [3.63, 3.8) is 0 Å². The second-order valence-corrected chi connectivity index (χ2v) is 8.52. The molecule has 0 saturated carbocycles. The summed E-state index contributed by atoms with van der Waals surface area (Å²) in [5, 5.41) is 0. The highest BCUT2D eigenvalue weighted by atomic mass is 16.7. The summed E-state index contributed by atoms with van der Waals surface area (Å²) in [5.41, 5.74) is 1.77. The molecule has 7 heteroatoms. The molecule has 1 fully saturated rings. The Labute approximate surface area is 210 Å². The lowest BCUT2D eigenvalue weighted by Crippen LogP contribution is -2.43. The van der Waals surface area contributed by atoms with Crippen molar-refractivity contribution in [2.75, 3.05) is 13.7 Å². The van der Waals surface area contributed by atoms with Crippen LogP contribution in [0.25, 0.3) is 0 Å². The summed E-state index contributed by atoms with van der Waals surface area (Å²) >= 11 is 0. The van der Waals surface area contributed by atoms with Crippen LogP contribution in [-0.4, -0.2) is 50.3 Å². The predicted molar refractivity (Wildman–Crippen MR) is 132 cm³/mol. The summed E-state index contributed by atoms with van der Waals surface area (Å²) in [4.78, 5) is 23.7. The largest absolute Gasteiger partial charge is 0.455 e. The Morgan fingerprint density at radius 3 is 1.53 bits per heavy atom. The highest BCUT2D eigenvalue weighted by Gasteiger charge is 2.51. The van der Waals surface area contributed by atoms with Crippen LogP contribution in [0.2, 0.25) is 0 Å². The van der Waals surface area contributed by atoms with Crippen LogP contribution < -0.4 is 0 Å². The van der Waals surface area contributed by atoms with E-state index in [1.165, 1.54) is 21.0 Å². The molecule has 0 aromatic heterocycles. The molecule has 3 aromatic rings. The van der Waals surface area contributed by atoms with E-state index in [4.69, 9.17) is 23.7 Å². The summed E-state index contributed by atoms with van der Waals surface area (Å²) in [6.07, 6.45) is -3.49. The quantitative estimate of drug-likeness (QED) is 0.328. The maximum absolute atomic E-state index is 11.9. The molecular weight excluding hydrogens is 460 g/mol. The minimum Gasteiger partial charge on any atom is -0.455 e. The van der Waals surface area contributed by atoms with Crippen molar-refractivity contribution in [2.24, 2.45) is 0 Å². The van der Waals surface area contributed by atoms with Gasteiger partial charge in [-0.1, -0.05) is 91.0 Å². The zero-order chi connectivity index (χ0) is 25.5. The van der Waals surface area contributed by atoms with Gasteiger partial charge in [-0.25, -0.2) is 0 Å². The molecule has 1 aliphatic heterocycles. The van der Waals surface area contributed by atoms with Crippen molar-refractivity contribution < 1.29 is 33.3 Å². The van der Waals surface area contributed by atoms with Crippen molar-refractivity contribution in [2.45, 2.75) is 44.1 Å². The van der Waals surface area contributed by atoms with E-state index >= 15 is 0 Å². The zero-order valence-electron chi connectivity index (χ0n) is 20.5. The van der Waals surface area contributed by atoms with E-state index < -0.39 is 42.1 Å². The molecule has 4 rings (SSSR count). The van der Waals surface area contributed by atoms with Gasteiger partial charge >= 0.3 is 11.9 Å². The number of ether oxygens (including phenoxy) is 5. The second kappa shape index (κ2) is 11.5. The van der Waals surface area contributed by atoms with E-state index in [2.05, 4.69) is 0 Å². The maximum atomic E-state index is 11.9. The number of hydrogen-bond acceptors (Lipinski definition) is 7. The maximum Gasteiger partial charge on any atom is 0.303 e. The van der Waals surface area contributed by atoms with Gasteiger partial charge in [0, 0.05) is 21.0 Å². The first-order valence-corrected chi connectivity index (χ1v) is 11.8. The smallest absolute Gasteiger partial charge is 0.303 e. The van der Waals surface area contributed by atoms with E-state index in [0.717, 1.165) is 16.7 Å². The van der Waals surface area contributed by atoms with E-state index in [1.54, 1.807) is 0 Å². The summed E-state index contributed by atoms with van der Waals surface area (Å²) < 4.78 is 29.2. The molecule has 0 N–H and O–H groups in total. The van der Waals surface area contributed by atoms with Gasteiger partial charge in [0.15, 0.2) is 18.5 Å². The van der Waals surface area contributed by atoms with Gasteiger partial charge < -0.3 is 23.7 Å². The van der Waals surface area contributed by atoms with Crippen LogP contribution in [0.5, 0.6) is 0 Å². The second-order valence-electron chi connectivity index (χ2n) is 8.52. The average molecular weight is 491 g/mol. The molecule has 1 saturated heterocycles. The van der Waals surface area contributed by atoms with Crippen molar-refractivity contribution in [1.29, 1.82) is 0 Å². The first-order valence-electron chi connectivity index (χ1n) is 11.8. The van der Waals surface area contributed by atoms with Crippen LogP contribution in [0, 0.1) is 0 Å². The van der Waals surface area contributed by atoms with Crippen molar-refractivity contribution in [3.05, 3.63) is 108 Å². The molecule has 3 aromatic carbocycles. The Morgan fingerprint density at radius 1 is 0.722 bits per heavy atom. The van der Waals surface area contributed by atoms with E-state index in [9.17, 15) is 9.59 Å². The molecule has 188 valence electrons. The minimum absolute atomic E-state index is 0.0221. The molecule has 0 spiro atoms. The number of methoxy groups -OCH3 is 1. The third kappa shape index (κ3) is 5.33. The topological polar surface area (TPSA) is 80.3 Å². The average Bonchev–Trinajstić information content (AvgIpc) is 3.21. The highest BCUT2D eigenvalue weighted by Crippen LogP contribution is 2.41. The fraction of sp³-hybridized carbons (Fsp3) is 0.310.